The highest BCUT2D eigenvalue weighted by Crippen LogP contribution is 2.33. The van der Waals surface area contributed by atoms with Gasteiger partial charge in [0, 0.05) is 5.39 Å². The summed E-state index contributed by atoms with van der Waals surface area (Å²) in [6.45, 7) is 2.09. The lowest BCUT2D eigenvalue weighted by Gasteiger charge is -2.23. The predicted molar refractivity (Wildman–Crippen MR) is 69.6 cm³/mol. The van der Waals surface area contributed by atoms with E-state index >= 15 is 0 Å². The van der Waals surface area contributed by atoms with Gasteiger partial charge in [-0.15, -0.1) is 0 Å². The molecule has 0 unspecified atom stereocenters. The Morgan fingerprint density at radius 3 is 2.78 bits per heavy atom. The maximum atomic E-state index is 11.4. The van der Waals surface area contributed by atoms with Crippen LogP contribution in [0.25, 0.3) is 11.0 Å². The van der Waals surface area contributed by atoms with Crippen molar-refractivity contribution in [2.24, 2.45) is 5.73 Å². The first-order valence-corrected chi connectivity index (χ1v) is 6.28. The lowest BCUT2D eigenvalue weighted by Crippen LogP contribution is -2.26. The van der Waals surface area contributed by atoms with Gasteiger partial charge in [0.15, 0.2) is 0 Å². The summed E-state index contributed by atoms with van der Waals surface area (Å²) in [4.78, 5) is 11.4. The fourth-order valence-corrected chi connectivity index (χ4v) is 2.77. The molecule has 3 N–H and O–H groups in total. The highest BCUT2D eigenvalue weighted by atomic mass is 16.3. The molecular formula is C14H16N2O2. The van der Waals surface area contributed by atoms with Crippen LogP contribution < -0.4 is 11.1 Å². The quantitative estimate of drug-likeness (QED) is 0.849. The zero-order valence-electron chi connectivity index (χ0n) is 10.1. The fraction of sp³-hybridized carbons (Fsp3) is 0.357. The standard InChI is InChI=1S/C14H16N2O2/c15-14(17)12-2-1-10(9-3-6-16-7-4-9)11-5-8-18-13(11)12/h1-2,5,8-9,16H,3-4,6-7H2,(H2,15,17). The van der Waals surface area contributed by atoms with Crippen molar-refractivity contribution in [1.82, 2.24) is 5.32 Å². The van der Waals surface area contributed by atoms with Crippen molar-refractivity contribution in [2.45, 2.75) is 18.8 Å². The van der Waals surface area contributed by atoms with Crippen LogP contribution >= 0.6 is 0 Å². The van der Waals surface area contributed by atoms with E-state index in [1.165, 1.54) is 5.56 Å². The highest BCUT2D eigenvalue weighted by molar-refractivity contribution is 6.04. The molecule has 0 radical (unpaired) electrons. The minimum absolute atomic E-state index is 0.438. The molecule has 3 rings (SSSR count). The van der Waals surface area contributed by atoms with E-state index in [-0.39, 0.29) is 0 Å². The molecule has 1 amide bonds. The molecule has 1 fully saturated rings. The molecule has 4 nitrogen and oxygen atoms in total. The molecule has 0 spiro atoms. The lowest BCUT2D eigenvalue weighted by molar-refractivity contribution is 0.100. The molecule has 1 aliphatic rings. The molecule has 0 bridgehead atoms. The second-order valence-electron chi connectivity index (χ2n) is 4.75. The second-order valence-corrected chi connectivity index (χ2v) is 4.75. The molecule has 4 heteroatoms. The summed E-state index contributed by atoms with van der Waals surface area (Å²) in [6.07, 6.45) is 3.87. The van der Waals surface area contributed by atoms with E-state index in [4.69, 9.17) is 10.2 Å². The van der Waals surface area contributed by atoms with Crippen LogP contribution in [-0.2, 0) is 0 Å². The Labute approximate surface area is 105 Å². The van der Waals surface area contributed by atoms with Crippen LogP contribution in [0.1, 0.15) is 34.7 Å². The molecule has 2 heterocycles. The summed E-state index contributed by atoms with van der Waals surface area (Å²) >= 11 is 0. The van der Waals surface area contributed by atoms with Crippen LogP contribution in [0, 0.1) is 0 Å². The summed E-state index contributed by atoms with van der Waals surface area (Å²) in [5.41, 5.74) is 7.72. The number of hydrogen-bond acceptors (Lipinski definition) is 3. The van der Waals surface area contributed by atoms with Gasteiger partial charge in [0.1, 0.15) is 5.58 Å². The highest BCUT2D eigenvalue weighted by Gasteiger charge is 2.20. The molecule has 2 aromatic rings. The van der Waals surface area contributed by atoms with Gasteiger partial charge in [-0.05, 0) is 49.5 Å². The largest absolute Gasteiger partial charge is 0.463 e. The smallest absolute Gasteiger partial charge is 0.252 e. The maximum Gasteiger partial charge on any atom is 0.252 e. The third-order valence-electron chi connectivity index (χ3n) is 3.69. The van der Waals surface area contributed by atoms with Crippen LogP contribution in [0.5, 0.6) is 0 Å². The summed E-state index contributed by atoms with van der Waals surface area (Å²) < 4.78 is 5.43. The number of piperidine rings is 1. The number of furan rings is 1. The van der Waals surface area contributed by atoms with Crippen molar-refractivity contribution in [3.63, 3.8) is 0 Å². The number of hydrogen-bond donors (Lipinski definition) is 2. The van der Waals surface area contributed by atoms with E-state index in [1.54, 1.807) is 12.3 Å². The monoisotopic (exact) mass is 244 g/mol. The number of carbonyl (C=O) groups excluding carboxylic acids is 1. The first kappa shape index (κ1) is 11.3. The molecule has 1 aromatic heterocycles. The average molecular weight is 244 g/mol. The van der Waals surface area contributed by atoms with Crippen molar-refractivity contribution in [1.29, 1.82) is 0 Å². The van der Waals surface area contributed by atoms with Crippen molar-refractivity contribution in [2.75, 3.05) is 13.1 Å². The molecule has 0 saturated carbocycles. The molecule has 1 aliphatic heterocycles. The topological polar surface area (TPSA) is 68.3 Å². The Kier molecular flexibility index (Phi) is 2.80. The Bertz CT molecular complexity index is 582. The number of nitrogens with two attached hydrogens (primary N) is 1. The zero-order chi connectivity index (χ0) is 12.5. The maximum absolute atomic E-state index is 11.4. The van der Waals surface area contributed by atoms with Crippen LogP contribution in [0.4, 0.5) is 0 Å². The van der Waals surface area contributed by atoms with Gasteiger partial charge in [-0.25, -0.2) is 0 Å². The normalized spacial score (nSPS) is 17.1. The van der Waals surface area contributed by atoms with Crippen LogP contribution in [0.15, 0.2) is 28.9 Å². The van der Waals surface area contributed by atoms with E-state index in [0.29, 0.717) is 17.1 Å². The first-order valence-electron chi connectivity index (χ1n) is 6.28. The van der Waals surface area contributed by atoms with Crippen molar-refractivity contribution in [3.05, 3.63) is 35.6 Å². The van der Waals surface area contributed by atoms with Crippen molar-refractivity contribution >= 4 is 16.9 Å². The number of fused-ring (bicyclic) bond motifs is 1. The van der Waals surface area contributed by atoms with E-state index in [0.717, 1.165) is 31.3 Å². The van der Waals surface area contributed by atoms with Crippen molar-refractivity contribution in [3.8, 4) is 0 Å². The lowest BCUT2D eigenvalue weighted by atomic mass is 9.87. The number of amides is 1. The minimum atomic E-state index is -0.438. The minimum Gasteiger partial charge on any atom is -0.463 e. The second kappa shape index (κ2) is 4.46. The number of carbonyl (C=O) groups is 1. The van der Waals surface area contributed by atoms with Crippen LogP contribution in [0.2, 0.25) is 0 Å². The molecule has 18 heavy (non-hydrogen) atoms. The van der Waals surface area contributed by atoms with Gasteiger partial charge in [-0.2, -0.15) is 0 Å². The summed E-state index contributed by atoms with van der Waals surface area (Å²) in [7, 11) is 0. The number of nitrogens with one attached hydrogen (secondary N) is 1. The van der Waals surface area contributed by atoms with Gasteiger partial charge >= 0.3 is 0 Å². The molecule has 0 atom stereocenters. The van der Waals surface area contributed by atoms with Gasteiger partial charge < -0.3 is 15.5 Å². The van der Waals surface area contributed by atoms with E-state index in [9.17, 15) is 4.79 Å². The molecule has 1 saturated heterocycles. The Balaban J connectivity index is 2.10. The van der Waals surface area contributed by atoms with Crippen molar-refractivity contribution < 1.29 is 9.21 Å². The number of primary amides is 1. The first-order chi connectivity index (χ1) is 8.77. The zero-order valence-corrected chi connectivity index (χ0v) is 10.1. The third kappa shape index (κ3) is 1.78. The van der Waals surface area contributed by atoms with Crippen LogP contribution in [0.3, 0.4) is 0 Å². The Morgan fingerprint density at radius 1 is 1.28 bits per heavy atom. The molecule has 0 aliphatic carbocycles. The van der Waals surface area contributed by atoms with E-state index < -0.39 is 5.91 Å². The van der Waals surface area contributed by atoms with Crippen LogP contribution in [-0.4, -0.2) is 19.0 Å². The number of benzene rings is 1. The van der Waals surface area contributed by atoms with Gasteiger partial charge in [0.25, 0.3) is 5.91 Å². The fourth-order valence-electron chi connectivity index (χ4n) is 2.77. The SMILES string of the molecule is NC(=O)c1ccc(C2CCNCC2)c2ccoc12. The number of rotatable bonds is 2. The molecule has 94 valence electrons. The molecule has 1 aromatic carbocycles. The van der Waals surface area contributed by atoms with Gasteiger partial charge in [0.2, 0.25) is 0 Å². The average Bonchev–Trinajstić information content (AvgIpc) is 2.87. The molecular weight excluding hydrogens is 228 g/mol. The van der Waals surface area contributed by atoms with Gasteiger partial charge in [-0.3, -0.25) is 4.79 Å². The van der Waals surface area contributed by atoms with E-state index in [1.807, 2.05) is 12.1 Å². The van der Waals surface area contributed by atoms with E-state index in [2.05, 4.69) is 5.32 Å². The third-order valence-corrected chi connectivity index (χ3v) is 3.69. The van der Waals surface area contributed by atoms with Gasteiger partial charge in [0.05, 0.1) is 11.8 Å². The summed E-state index contributed by atoms with van der Waals surface area (Å²) in [5, 5.41) is 4.38. The van der Waals surface area contributed by atoms with Gasteiger partial charge in [-0.1, -0.05) is 6.07 Å². The predicted octanol–water partition coefficient (Wildman–Crippen LogP) is 2.00. The Hall–Kier alpha value is -1.81. The Morgan fingerprint density at radius 2 is 2.06 bits per heavy atom. The summed E-state index contributed by atoms with van der Waals surface area (Å²) in [5.74, 6) is 0.0973. The summed E-state index contributed by atoms with van der Waals surface area (Å²) in [6, 6.07) is 5.73.